The number of hydrogen-bond donors (Lipinski definition) is 1. The monoisotopic (exact) mass is 240 g/mol. The van der Waals surface area contributed by atoms with Crippen LogP contribution in [0.2, 0.25) is 0 Å². The van der Waals surface area contributed by atoms with Crippen molar-refractivity contribution in [2.24, 2.45) is 0 Å². The molecule has 1 aromatic heterocycles. The fourth-order valence-electron chi connectivity index (χ4n) is 1.05. The van der Waals surface area contributed by atoms with E-state index in [1.807, 2.05) is 6.07 Å². The second kappa shape index (κ2) is 4.90. The summed E-state index contributed by atoms with van der Waals surface area (Å²) >= 11 is 0. The van der Waals surface area contributed by atoms with E-state index in [1.165, 1.54) is 0 Å². The molecule has 0 spiro atoms. The Morgan fingerprint density at radius 3 is 2.75 bits per heavy atom. The van der Waals surface area contributed by atoms with E-state index in [9.17, 15) is 8.42 Å². The van der Waals surface area contributed by atoms with Crippen molar-refractivity contribution in [2.75, 3.05) is 23.9 Å². The third kappa shape index (κ3) is 4.23. The Hall–Kier alpha value is -1.68. The molecule has 0 aromatic carbocycles. The first-order valence-electron chi connectivity index (χ1n) is 4.58. The normalized spacial score (nSPS) is 10.8. The summed E-state index contributed by atoms with van der Waals surface area (Å²) in [6.45, 7) is 1.97. The maximum Gasteiger partial charge on any atom is 0.224 e. The first-order valence-corrected chi connectivity index (χ1v) is 6.64. The lowest BCUT2D eigenvalue weighted by molar-refractivity contribution is 0.602. The fraction of sp³-hybridized carbons (Fsp3) is 0.444. The first kappa shape index (κ1) is 12.4. The summed E-state index contributed by atoms with van der Waals surface area (Å²) in [7, 11) is -3.00. The van der Waals surface area contributed by atoms with E-state index in [4.69, 9.17) is 5.26 Å². The molecule has 0 unspecified atom stereocenters. The number of aromatic nitrogens is 2. The highest BCUT2D eigenvalue weighted by Gasteiger charge is 2.04. The van der Waals surface area contributed by atoms with Crippen LogP contribution in [0.4, 0.5) is 5.95 Å². The highest BCUT2D eigenvalue weighted by molar-refractivity contribution is 7.90. The van der Waals surface area contributed by atoms with Gasteiger partial charge < -0.3 is 5.32 Å². The van der Waals surface area contributed by atoms with E-state index in [1.54, 1.807) is 13.0 Å². The van der Waals surface area contributed by atoms with Crippen LogP contribution in [0.1, 0.15) is 11.4 Å². The van der Waals surface area contributed by atoms with E-state index in [2.05, 4.69) is 15.3 Å². The van der Waals surface area contributed by atoms with Crippen molar-refractivity contribution in [1.29, 1.82) is 5.26 Å². The van der Waals surface area contributed by atoms with Crippen LogP contribution < -0.4 is 5.32 Å². The van der Waals surface area contributed by atoms with Crippen molar-refractivity contribution in [3.05, 3.63) is 17.5 Å². The van der Waals surface area contributed by atoms with Gasteiger partial charge in [0.15, 0.2) is 0 Å². The van der Waals surface area contributed by atoms with Crippen molar-refractivity contribution in [3.63, 3.8) is 0 Å². The Morgan fingerprint density at radius 2 is 2.19 bits per heavy atom. The van der Waals surface area contributed by atoms with Crippen LogP contribution in [0.15, 0.2) is 6.07 Å². The van der Waals surface area contributed by atoms with Gasteiger partial charge in [0.05, 0.1) is 5.75 Å². The van der Waals surface area contributed by atoms with Gasteiger partial charge in [0.1, 0.15) is 21.6 Å². The molecule has 1 rings (SSSR count). The summed E-state index contributed by atoms with van der Waals surface area (Å²) in [4.78, 5) is 7.93. The Balaban J connectivity index is 2.68. The molecule has 0 saturated heterocycles. The van der Waals surface area contributed by atoms with Gasteiger partial charge in [0.2, 0.25) is 5.95 Å². The highest BCUT2D eigenvalue weighted by Crippen LogP contribution is 2.03. The fourth-order valence-corrected chi connectivity index (χ4v) is 1.53. The SMILES string of the molecule is Cc1cc(C#N)nc(NCCS(C)(=O)=O)n1. The molecule has 0 aliphatic carbocycles. The lowest BCUT2D eigenvalue weighted by Gasteiger charge is -2.04. The Bertz CT molecular complexity index is 519. The molecule has 0 bridgehead atoms. The number of hydrogen-bond acceptors (Lipinski definition) is 6. The molecule has 1 aromatic rings. The Labute approximate surface area is 94.3 Å². The molecular formula is C9H12N4O2S. The van der Waals surface area contributed by atoms with Crippen LogP contribution in [0.5, 0.6) is 0 Å². The third-order valence-corrected chi connectivity index (χ3v) is 2.67. The summed E-state index contributed by atoms with van der Waals surface area (Å²) in [5.74, 6) is 0.284. The van der Waals surface area contributed by atoms with Gasteiger partial charge >= 0.3 is 0 Å². The average molecular weight is 240 g/mol. The minimum atomic E-state index is -3.00. The molecule has 0 saturated carbocycles. The maximum atomic E-state index is 10.9. The minimum Gasteiger partial charge on any atom is -0.353 e. The predicted molar refractivity (Wildman–Crippen MR) is 59.7 cm³/mol. The van der Waals surface area contributed by atoms with Crippen molar-refractivity contribution < 1.29 is 8.42 Å². The number of nitrogens with one attached hydrogen (secondary N) is 1. The molecule has 16 heavy (non-hydrogen) atoms. The van der Waals surface area contributed by atoms with Crippen molar-refractivity contribution >= 4 is 15.8 Å². The number of anilines is 1. The van der Waals surface area contributed by atoms with Crippen molar-refractivity contribution in [2.45, 2.75) is 6.92 Å². The second-order valence-corrected chi connectivity index (χ2v) is 5.65. The van der Waals surface area contributed by atoms with Gasteiger partial charge in [0.25, 0.3) is 0 Å². The Kier molecular flexibility index (Phi) is 3.79. The van der Waals surface area contributed by atoms with Crippen LogP contribution >= 0.6 is 0 Å². The number of sulfone groups is 1. The molecule has 86 valence electrons. The zero-order valence-corrected chi connectivity index (χ0v) is 9.87. The van der Waals surface area contributed by atoms with E-state index < -0.39 is 9.84 Å². The van der Waals surface area contributed by atoms with E-state index in [0.29, 0.717) is 5.69 Å². The van der Waals surface area contributed by atoms with Gasteiger partial charge in [-0.25, -0.2) is 18.4 Å². The second-order valence-electron chi connectivity index (χ2n) is 3.39. The predicted octanol–water partition coefficient (Wildman–Crippen LogP) is 0.113. The molecular weight excluding hydrogens is 228 g/mol. The van der Waals surface area contributed by atoms with Crippen LogP contribution in [0.3, 0.4) is 0 Å². The molecule has 1 heterocycles. The average Bonchev–Trinajstić information content (AvgIpc) is 2.14. The molecule has 0 radical (unpaired) electrons. The molecule has 0 atom stereocenters. The zero-order chi connectivity index (χ0) is 12.2. The number of rotatable bonds is 4. The maximum absolute atomic E-state index is 10.9. The smallest absolute Gasteiger partial charge is 0.224 e. The van der Waals surface area contributed by atoms with Gasteiger partial charge in [0, 0.05) is 18.5 Å². The molecule has 6 nitrogen and oxygen atoms in total. The third-order valence-electron chi connectivity index (χ3n) is 1.72. The summed E-state index contributed by atoms with van der Waals surface area (Å²) < 4.78 is 21.8. The summed E-state index contributed by atoms with van der Waals surface area (Å²) in [6, 6.07) is 3.46. The van der Waals surface area contributed by atoms with Gasteiger partial charge in [-0.05, 0) is 13.0 Å². The van der Waals surface area contributed by atoms with Gasteiger partial charge in [-0.1, -0.05) is 0 Å². The molecule has 0 fully saturated rings. The highest BCUT2D eigenvalue weighted by atomic mass is 32.2. The van der Waals surface area contributed by atoms with Gasteiger partial charge in [-0.3, -0.25) is 0 Å². The van der Waals surface area contributed by atoms with E-state index in [0.717, 1.165) is 6.26 Å². The van der Waals surface area contributed by atoms with Crippen LogP contribution in [-0.4, -0.2) is 36.9 Å². The lowest BCUT2D eigenvalue weighted by atomic mass is 10.3. The van der Waals surface area contributed by atoms with Gasteiger partial charge in [-0.15, -0.1) is 0 Å². The van der Waals surface area contributed by atoms with Crippen LogP contribution in [-0.2, 0) is 9.84 Å². The zero-order valence-electron chi connectivity index (χ0n) is 9.06. The standard InChI is InChI=1S/C9H12N4O2S/c1-7-5-8(6-10)13-9(12-7)11-3-4-16(2,14)15/h5H,3-4H2,1-2H3,(H,11,12,13). The molecule has 0 aliphatic rings. The van der Waals surface area contributed by atoms with E-state index in [-0.39, 0.29) is 23.9 Å². The number of nitrogens with zero attached hydrogens (tertiary/aromatic N) is 3. The van der Waals surface area contributed by atoms with Crippen LogP contribution in [0.25, 0.3) is 0 Å². The molecule has 0 amide bonds. The quantitative estimate of drug-likeness (QED) is 0.802. The van der Waals surface area contributed by atoms with Crippen LogP contribution in [0, 0.1) is 18.3 Å². The summed E-state index contributed by atoms with van der Waals surface area (Å²) in [5.41, 5.74) is 0.919. The van der Waals surface area contributed by atoms with Crippen molar-refractivity contribution in [3.8, 4) is 6.07 Å². The summed E-state index contributed by atoms with van der Waals surface area (Å²) in [6.07, 6.45) is 1.16. The lowest BCUT2D eigenvalue weighted by Crippen LogP contribution is -2.16. The van der Waals surface area contributed by atoms with Gasteiger partial charge in [-0.2, -0.15) is 5.26 Å². The molecule has 1 N–H and O–H groups in total. The number of aryl methyl sites for hydroxylation is 1. The Morgan fingerprint density at radius 1 is 1.50 bits per heavy atom. The summed E-state index contributed by atoms with van der Waals surface area (Å²) in [5, 5.41) is 11.4. The minimum absolute atomic E-state index is 0.00614. The largest absolute Gasteiger partial charge is 0.353 e. The first-order chi connectivity index (χ1) is 7.40. The molecule has 7 heteroatoms. The topological polar surface area (TPSA) is 95.7 Å². The van der Waals surface area contributed by atoms with Crippen molar-refractivity contribution in [1.82, 2.24) is 9.97 Å². The molecule has 0 aliphatic heterocycles. The van der Waals surface area contributed by atoms with E-state index >= 15 is 0 Å². The number of nitriles is 1.